The van der Waals surface area contributed by atoms with Gasteiger partial charge in [-0.25, -0.2) is 49.1 Å². The molecule has 0 aromatic carbocycles. The van der Waals surface area contributed by atoms with Crippen LogP contribution in [0.15, 0.2) is 0 Å². The zero-order valence-corrected chi connectivity index (χ0v) is 40.1. The highest BCUT2D eigenvalue weighted by molar-refractivity contribution is 5.79. The van der Waals surface area contributed by atoms with Crippen molar-refractivity contribution < 1.29 is 219 Å². The van der Waals surface area contributed by atoms with E-state index in [0.717, 1.165) is 0 Å². The maximum atomic E-state index is 15.0. The summed E-state index contributed by atoms with van der Waals surface area (Å²) in [7, 11) is 0. The van der Waals surface area contributed by atoms with Crippen LogP contribution in [0.5, 0.6) is 0 Å². The van der Waals surface area contributed by atoms with Crippen molar-refractivity contribution in [2.75, 3.05) is 59.5 Å². The van der Waals surface area contributed by atoms with Gasteiger partial charge >= 0.3 is 90.7 Å². The third-order valence-corrected chi connectivity index (χ3v) is 9.34. The minimum Gasteiger partial charge on any atom is -0.461 e. The van der Waals surface area contributed by atoms with E-state index in [1.54, 1.807) is 0 Å². The van der Waals surface area contributed by atoms with Gasteiger partial charge in [0.2, 0.25) is 5.85 Å². The lowest BCUT2D eigenvalue weighted by molar-refractivity contribution is -0.402. The fourth-order valence-corrected chi connectivity index (χ4v) is 5.33. The van der Waals surface area contributed by atoms with Gasteiger partial charge in [-0.15, -0.1) is 0 Å². The van der Waals surface area contributed by atoms with Gasteiger partial charge in [-0.05, 0) is 6.42 Å². The fourth-order valence-electron chi connectivity index (χ4n) is 5.33. The highest BCUT2D eigenvalue weighted by Gasteiger charge is 2.71. The third kappa shape index (κ3) is 24.5. The molecule has 1 aliphatic rings. The minimum absolute atomic E-state index is 0.940. The van der Waals surface area contributed by atoms with Crippen molar-refractivity contribution >= 4 is 11.9 Å². The van der Waals surface area contributed by atoms with Crippen molar-refractivity contribution in [3.05, 3.63) is 0 Å². The molecule has 1 aliphatic carbocycles. The smallest absolute Gasteiger partial charge is 0.460 e. The van der Waals surface area contributed by atoms with Crippen LogP contribution in [0.4, 0.5) is 162 Å². The number of carbonyl (C=O) groups excluding carboxylic acids is 2. The SMILES string of the molecule is O=C(OCCC(F)(F)COCC(F)(F)OC(F)(F)CC(F)(F)COC1(F)CCC1OCC(F)(F)CC(F)(F)OC(F)(F)COCC(F)(F)CC(F)(F)OC(=O)C(F)(OCC(F)(F)C(F)(F)F)C(F)(F)F)C(F)(OCC(F)(F)C(F)(F)F)C(F)(F)F. The van der Waals surface area contributed by atoms with E-state index >= 15 is 4.39 Å². The summed E-state index contributed by atoms with van der Waals surface area (Å²) in [5.41, 5.74) is 0. The Bertz CT molecular complexity index is 2170. The predicted molar refractivity (Wildman–Crippen MR) is 186 cm³/mol. The number of hydrogen-bond donors (Lipinski definition) is 0. The van der Waals surface area contributed by atoms with Crippen LogP contribution in [0, 0.1) is 0 Å². The molecule has 1 saturated carbocycles. The highest BCUT2D eigenvalue weighted by atomic mass is 19.4. The molecule has 4 atom stereocenters. The molecule has 506 valence electrons. The van der Waals surface area contributed by atoms with E-state index in [4.69, 9.17) is 0 Å². The zero-order valence-electron chi connectivity index (χ0n) is 40.1. The molecule has 0 N–H and O–H groups in total. The summed E-state index contributed by atoms with van der Waals surface area (Å²) < 4.78 is 530. The second-order valence-corrected chi connectivity index (χ2v) is 17.2. The van der Waals surface area contributed by atoms with Gasteiger partial charge in [0.15, 0.2) is 0 Å². The molecule has 0 aromatic heterocycles. The van der Waals surface area contributed by atoms with E-state index in [-0.39, 0.29) is 0 Å². The summed E-state index contributed by atoms with van der Waals surface area (Å²) >= 11 is 0. The predicted octanol–water partition coefficient (Wildman–Crippen LogP) is 13.0. The maximum Gasteiger partial charge on any atom is 0.460 e. The molecule has 12 nitrogen and oxygen atoms in total. The van der Waals surface area contributed by atoms with E-state index < -0.39 is 224 Å². The molecule has 49 heteroatoms. The first-order chi connectivity index (χ1) is 37.1. The standard InChI is InChI=1S/C36H31F37O12/c37-19(38,3-4-78-17(74)31(60,35(68,69)70)81-12-24(46,47)33(62,63)64)8-76-14-29(56,57)85-28(54,55)7-22(43,44)11-80-23(45)2-1-16(23)79-10-21(41,42)6-27(52,53)84-30(58,59)15-77-9-20(39,40)5-26(50,51)83-18(75)32(61,36(71,72)73)82-13-25(48,49)34(65,66)67/h16H,1-15H2. The summed E-state index contributed by atoms with van der Waals surface area (Å²) in [5, 5.41) is 0. The maximum absolute atomic E-state index is 15.0. The van der Waals surface area contributed by atoms with Crippen LogP contribution in [0.2, 0.25) is 0 Å². The first-order valence-corrected chi connectivity index (χ1v) is 21.1. The monoisotopic (exact) mass is 1360 g/mol. The average molecular weight is 1360 g/mol. The molecule has 1 fully saturated rings. The van der Waals surface area contributed by atoms with Crippen LogP contribution in [0.25, 0.3) is 0 Å². The Labute approximate surface area is 444 Å². The Morgan fingerprint density at radius 1 is 0.388 bits per heavy atom. The Morgan fingerprint density at radius 2 is 0.741 bits per heavy atom. The van der Waals surface area contributed by atoms with Crippen LogP contribution in [-0.2, 0) is 57.0 Å². The van der Waals surface area contributed by atoms with Crippen LogP contribution in [0.3, 0.4) is 0 Å². The largest absolute Gasteiger partial charge is 0.461 e. The van der Waals surface area contributed by atoms with Gasteiger partial charge in [0.25, 0.3) is 23.7 Å². The molecule has 0 aromatic rings. The molecule has 4 unspecified atom stereocenters. The number of carbonyl (C=O) groups is 2. The zero-order chi connectivity index (χ0) is 67.4. The first kappa shape index (κ1) is 79.0. The first-order valence-electron chi connectivity index (χ1n) is 21.1. The molecule has 1 rings (SSSR count). The molecule has 0 radical (unpaired) electrons. The van der Waals surface area contributed by atoms with Crippen molar-refractivity contribution in [3.8, 4) is 0 Å². The molecule has 0 amide bonds. The highest BCUT2D eigenvalue weighted by Crippen LogP contribution is 2.47. The molecule has 0 heterocycles. The Kier molecular flexibility index (Phi) is 24.4. The van der Waals surface area contributed by atoms with Gasteiger partial charge in [0.05, 0.1) is 6.61 Å². The van der Waals surface area contributed by atoms with Crippen molar-refractivity contribution in [3.63, 3.8) is 0 Å². The summed E-state index contributed by atoms with van der Waals surface area (Å²) in [6.07, 6.45) is -74.3. The molecular weight excluding hydrogens is 1330 g/mol. The summed E-state index contributed by atoms with van der Waals surface area (Å²) in [4.78, 5) is 22.9. The van der Waals surface area contributed by atoms with E-state index in [1.807, 2.05) is 0 Å². The Hall–Kier alpha value is -3.97. The molecule has 0 spiro atoms. The summed E-state index contributed by atoms with van der Waals surface area (Å²) in [6.45, 7) is -26.1. The van der Waals surface area contributed by atoms with E-state index in [9.17, 15) is 168 Å². The number of esters is 2. The second kappa shape index (κ2) is 26.2. The summed E-state index contributed by atoms with van der Waals surface area (Å²) in [6, 6.07) is 0. The van der Waals surface area contributed by atoms with Gasteiger partial charge in [-0.2, -0.15) is 123 Å². The van der Waals surface area contributed by atoms with Crippen molar-refractivity contribution in [2.24, 2.45) is 0 Å². The van der Waals surface area contributed by atoms with Crippen LogP contribution in [-0.4, -0.2) is 186 Å². The molecular formula is C36H31F37O12. The molecule has 85 heavy (non-hydrogen) atoms. The third-order valence-electron chi connectivity index (χ3n) is 9.34. The van der Waals surface area contributed by atoms with Gasteiger partial charge in [-0.1, -0.05) is 0 Å². The number of hydrogen-bond acceptors (Lipinski definition) is 12. The van der Waals surface area contributed by atoms with Gasteiger partial charge in [0, 0.05) is 12.8 Å². The Balaban J connectivity index is 2.77. The minimum atomic E-state index is -7.19. The molecule has 0 bridgehead atoms. The average Bonchev–Trinajstić information content (AvgIpc) is 3.21. The molecule has 0 saturated heterocycles. The van der Waals surface area contributed by atoms with Gasteiger partial charge < -0.3 is 37.9 Å². The number of halogens is 37. The van der Waals surface area contributed by atoms with Crippen LogP contribution >= 0.6 is 0 Å². The van der Waals surface area contributed by atoms with Crippen molar-refractivity contribution in [1.82, 2.24) is 0 Å². The van der Waals surface area contributed by atoms with E-state index in [0.29, 0.717) is 0 Å². The van der Waals surface area contributed by atoms with Gasteiger partial charge in [0.1, 0.15) is 78.2 Å². The number of ether oxygens (including phenoxy) is 10. The van der Waals surface area contributed by atoms with Crippen molar-refractivity contribution in [2.45, 2.75) is 153 Å². The topological polar surface area (TPSA) is 126 Å². The second-order valence-electron chi connectivity index (χ2n) is 17.2. The number of rotatable bonds is 36. The van der Waals surface area contributed by atoms with Crippen LogP contribution in [0.1, 0.15) is 38.5 Å². The van der Waals surface area contributed by atoms with Crippen LogP contribution < -0.4 is 0 Å². The Morgan fingerprint density at radius 3 is 1.11 bits per heavy atom. The van der Waals surface area contributed by atoms with Gasteiger partial charge in [-0.3, -0.25) is 9.47 Å². The quantitative estimate of drug-likeness (QED) is 0.0438. The lowest BCUT2D eigenvalue weighted by atomic mass is 9.88. The molecule has 0 aliphatic heterocycles. The van der Waals surface area contributed by atoms with E-state index in [1.165, 1.54) is 0 Å². The lowest BCUT2D eigenvalue weighted by Gasteiger charge is -2.43. The lowest BCUT2D eigenvalue weighted by Crippen LogP contribution is -2.56. The van der Waals surface area contributed by atoms with Crippen molar-refractivity contribution in [1.29, 1.82) is 0 Å². The summed E-state index contributed by atoms with van der Waals surface area (Å²) in [5.74, 6) is -58.2. The fraction of sp³-hybridized carbons (Fsp3) is 0.944. The van der Waals surface area contributed by atoms with E-state index in [2.05, 4.69) is 47.4 Å². The number of alkyl halides is 37. The normalized spacial score (nSPS) is 19.8.